The Bertz CT molecular complexity index is 874. The SMILES string of the molecule is O=C(OCC(=O)c1ccc[nH]1)c1ccc(CSc2ccc(Cl)cc2)cc1. The standard InChI is InChI=1S/C20H16ClNO3S/c21-16-7-9-17(10-8-16)26-13-14-3-5-15(6-4-14)20(24)25-12-19(23)18-2-1-11-22-18/h1-11,22H,12-13H2. The van der Waals surface area contributed by atoms with Gasteiger partial charge in [-0.1, -0.05) is 23.7 Å². The predicted octanol–water partition coefficient (Wildman–Crippen LogP) is 5.00. The average molecular weight is 386 g/mol. The molecule has 0 radical (unpaired) electrons. The number of halogens is 1. The van der Waals surface area contributed by atoms with Crippen molar-refractivity contribution < 1.29 is 14.3 Å². The minimum Gasteiger partial charge on any atom is -0.454 e. The number of carbonyl (C=O) groups excluding carboxylic acids is 2. The lowest BCUT2D eigenvalue weighted by atomic mass is 10.1. The van der Waals surface area contributed by atoms with Crippen molar-refractivity contribution in [2.75, 3.05) is 6.61 Å². The van der Waals surface area contributed by atoms with Crippen LogP contribution in [0.1, 0.15) is 26.4 Å². The van der Waals surface area contributed by atoms with Crippen molar-refractivity contribution in [2.45, 2.75) is 10.6 Å². The molecule has 26 heavy (non-hydrogen) atoms. The Morgan fingerprint density at radius 3 is 2.38 bits per heavy atom. The number of aromatic amines is 1. The lowest BCUT2D eigenvalue weighted by Gasteiger charge is -2.06. The van der Waals surface area contributed by atoms with Crippen LogP contribution in [0.25, 0.3) is 0 Å². The molecule has 0 saturated heterocycles. The topological polar surface area (TPSA) is 59.2 Å². The lowest BCUT2D eigenvalue weighted by Crippen LogP contribution is -2.14. The zero-order chi connectivity index (χ0) is 18.4. The van der Waals surface area contributed by atoms with Crippen LogP contribution in [-0.4, -0.2) is 23.3 Å². The molecule has 3 rings (SSSR count). The maximum atomic E-state index is 12.0. The number of hydrogen-bond acceptors (Lipinski definition) is 4. The molecule has 0 saturated carbocycles. The van der Waals surface area contributed by atoms with Gasteiger partial charge in [-0.15, -0.1) is 11.8 Å². The van der Waals surface area contributed by atoms with Gasteiger partial charge in [-0.3, -0.25) is 4.79 Å². The Morgan fingerprint density at radius 2 is 1.73 bits per heavy atom. The van der Waals surface area contributed by atoms with Gasteiger partial charge in [-0.25, -0.2) is 4.79 Å². The van der Waals surface area contributed by atoms with Crippen molar-refractivity contribution in [3.05, 3.63) is 88.7 Å². The summed E-state index contributed by atoms with van der Waals surface area (Å²) in [5.41, 5.74) is 1.93. The number of nitrogens with one attached hydrogen (secondary N) is 1. The molecule has 0 amide bonds. The highest BCUT2D eigenvalue weighted by atomic mass is 35.5. The smallest absolute Gasteiger partial charge is 0.338 e. The fourth-order valence-corrected chi connectivity index (χ4v) is 3.21. The van der Waals surface area contributed by atoms with E-state index in [2.05, 4.69) is 4.98 Å². The highest BCUT2D eigenvalue weighted by Crippen LogP contribution is 2.24. The molecule has 0 fully saturated rings. The molecule has 0 aliphatic rings. The van der Waals surface area contributed by atoms with Crippen LogP contribution in [0.3, 0.4) is 0 Å². The monoisotopic (exact) mass is 385 g/mol. The Kier molecular flexibility index (Phi) is 6.15. The fourth-order valence-electron chi connectivity index (χ4n) is 2.23. The third kappa shape index (κ3) is 5.00. The first kappa shape index (κ1) is 18.3. The molecule has 1 aromatic heterocycles. The van der Waals surface area contributed by atoms with Crippen LogP contribution >= 0.6 is 23.4 Å². The molecule has 4 nitrogen and oxygen atoms in total. The van der Waals surface area contributed by atoms with Gasteiger partial charge in [0.05, 0.1) is 11.3 Å². The number of ketones is 1. The van der Waals surface area contributed by atoms with Crippen LogP contribution in [0.2, 0.25) is 5.02 Å². The second-order valence-electron chi connectivity index (χ2n) is 5.52. The van der Waals surface area contributed by atoms with Crippen molar-refractivity contribution in [3.63, 3.8) is 0 Å². The number of benzene rings is 2. The van der Waals surface area contributed by atoms with Gasteiger partial charge in [0.1, 0.15) is 0 Å². The molecule has 0 spiro atoms. The van der Waals surface area contributed by atoms with Crippen molar-refractivity contribution in [2.24, 2.45) is 0 Å². The first-order valence-electron chi connectivity index (χ1n) is 7.93. The quantitative estimate of drug-likeness (QED) is 0.353. The molecule has 0 bridgehead atoms. The third-order valence-electron chi connectivity index (χ3n) is 3.64. The van der Waals surface area contributed by atoms with Gasteiger partial charge in [-0.2, -0.15) is 0 Å². The molecule has 132 valence electrons. The van der Waals surface area contributed by atoms with Crippen LogP contribution in [-0.2, 0) is 10.5 Å². The van der Waals surface area contributed by atoms with Gasteiger partial charge < -0.3 is 9.72 Å². The summed E-state index contributed by atoms with van der Waals surface area (Å²) in [7, 11) is 0. The average Bonchev–Trinajstić information content (AvgIpc) is 3.21. The van der Waals surface area contributed by atoms with Gasteiger partial charge in [0.2, 0.25) is 5.78 Å². The first-order valence-corrected chi connectivity index (χ1v) is 9.29. The summed E-state index contributed by atoms with van der Waals surface area (Å²) in [6, 6.07) is 18.2. The Labute approximate surface area is 160 Å². The largest absolute Gasteiger partial charge is 0.454 e. The minimum atomic E-state index is -0.512. The van der Waals surface area contributed by atoms with E-state index in [0.717, 1.165) is 16.2 Å². The van der Waals surface area contributed by atoms with Crippen molar-refractivity contribution in [3.8, 4) is 0 Å². The predicted molar refractivity (Wildman–Crippen MR) is 103 cm³/mol. The maximum Gasteiger partial charge on any atom is 0.338 e. The summed E-state index contributed by atoms with van der Waals surface area (Å²) in [6.45, 7) is -0.284. The first-order chi connectivity index (χ1) is 12.6. The molecule has 6 heteroatoms. The van der Waals surface area contributed by atoms with E-state index in [-0.39, 0.29) is 12.4 Å². The molecule has 0 unspecified atom stereocenters. The molecule has 0 aliphatic carbocycles. The number of thioether (sulfide) groups is 1. The van der Waals surface area contributed by atoms with E-state index in [0.29, 0.717) is 16.3 Å². The number of carbonyl (C=O) groups is 2. The summed E-state index contributed by atoms with van der Waals surface area (Å²) < 4.78 is 5.07. The fraction of sp³-hybridized carbons (Fsp3) is 0.100. The van der Waals surface area contributed by atoms with Gasteiger partial charge in [0.25, 0.3) is 0 Å². The number of hydrogen-bond donors (Lipinski definition) is 1. The third-order valence-corrected chi connectivity index (χ3v) is 4.98. The highest BCUT2D eigenvalue weighted by Gasteiger charge is 2.12. The summed E-state index contributed by atoms with van der Waals surface area (Å²) >= 11 is 7.56. The van der Waals surface area contributed by atoms with Crippen molar-refractivity contribution in [1.29, 1.82) is 0 Å². The van der Waals surface area contributed by atoms with E-state index < -0.39 is 5.97 Å². The number of aromatic nitrogens is 1. The molecule has 0 aliphatic heterocycles. The molecule has 1 N–H and O–H groups in total. The number of rotatable bonds is 7. The van der Waals surface area contributed by atoms with E-state index >= 15 is 0 Å². The Hall–Kier alpha value is -2.50. The summed E-state index contributed by atoms with van der Waals surface area (Å²) in [6.07, 6.45) is 1.65. The van der Waals surface area contributed by atoms with Gasteiger partial charge >= 0.3 is 5.97 Å². The second kappa shape index (κ2) is 8.74. The number of Topliss-reactive ketones (excluding diaryl/α,β-unsaturated/α-hetero) is 1. The number of esters is 1. The second-order valence-corrected chi connectivity index (χ2v) is 7.01. The minimum absolute atomic E-state index is 0.265. The van der Waals surface area contributed by atoms with E-state index in [4.69, 9.17) is 16.3 Å². The van der Waals surface area contributed by atoms with E-state index in [1.807, 2.05) is 36.4 Å². The van der Waals surface area contributed by atoms with Crippen molar-refractivity contribution >= 4 is 35.1 Å². The lowest BCUT2D eigenvalue weighted by molar-refractivity contribution is 0.0473. The van der Waals surface area contributed by atoms with Gasteiger partial charge in [0, 0.05) is 21.9 Å². The van der Waals surface area contributed by atoms with Crippen LogP contribution < -0.4 is 0 Å². The van der Waals surface area contributed by atoms with Gasteiger partial charge in [-0.05, 0) is 54.1 Å². The highest BCUT2D eigenvalue weighted by molar-refractivity contribution is 7.98. The van der Waals surface area contributed by atoms with Crippen LogP contribution in [0.5, 0.6) is 0 Å². The molecule has 1 heterocycles. The van der Waals surface area contributed by atoms with Crippen molar-refractivity contribution in [1.82, 2.24) is 4.98 Å². The molecular formula is C20H16ClNO3S. The van der Waals surface area contributed by atoms with Crippen LogP contribution in [0.4, 0.5) is 0 Å². The maximum absolute atomic E-state index is 12.0. The van der Waals surface area contributed by atoms with E-state index in [9.17, 15) is 9.59 Å². The van der Waals surface area contributed by atoms with E-state index in [1.54, 1.807) is 42.2 Å². The molecular weight excluding hydrogens is 370 g/mol. The summed E-state index contributed by atoms with van der Waals surface area (Å²) in [5, 5.41) is 0.715. The van der Waals surface area contributed by atoms with Crippen LogP contribution in [0, 0.1) is 0 Å². The zero-order valence-electron chi connectivity index (χ0n) is 13.8. The van der Waals surface area contributed by atoms with Gasteiger partial charge in [0.15, 0.2) is 6.61 Å². The molecule has 0 atom stereocenters. The Morgan fingerprint density at radius 1 is 1.00 bits per heavy atom. The number of ether oxygens (including phenoxy) is 1. The zero-order valence-corrected chi connectivity index (χ0v) is 15.3. The number of H-pyrrole nitrogens is 1. The molecule has 3 aromatic rings. The normalized spacial score (nSPS) is 10.5. The Balaban J connectivity index is 1.50. The summed E-state index contributed by atoms with van der Waals surface area (Å²) in [5.74, 6) is 0.00331. The molecule has 2 aromatic carbocycles. The van der Waals surface area contributed by atoms with Crippen LogP contribution in [0.15, 0.2) is 71.8 Å². The summed E-state index contributed by atoms with van der Waals surface area (Å²) in [4.78, 5) is 27.8. The van der Waals surface area contributed by atoms with E-state index in [1.165, 1.54) is 0 Å².